The van der Waals surface area contributed by atoms with Crippen LogP contribution in [0.15, 0.2) is 48.5 Å². The van der Waals surface area contributed by atoms with Gasteiger partial charge in [0.15, 0.2) is 0 Å². The minimum absolute atomic E-state index is 0.0851. The summed E-state index contributed by atoms with van der Waals surface area (Å²) in [7, 11) is 1.65. The van der Waals surface area contributed by atoms with E-state index < -0.39 is 0 Å². The predicted octanol–water partition coefficient (Wildman–Crippen LogP) is 3.92. The van der Waals surface area contributed by atoms with Gasteiger partial charge in [-0.3, -0.25) is 5.32 Å². The fourth-order valence-electron chi connectivity index (χ4n) is 2.21. The lowest BCUT2D eigenvalue weighted by atomic mass is 10.0. The van der Waals surface area contributed by atoms with Crippen LogP contribution in [0, 0.1) is 18.3 Å². The summed E-state index contributed by atoms with van der Waals surface area (Å²) in [6.07, 6.45) is 0. The fraction of sp³-hybridized carbons (Fsp3) is 0.278. The Morgan fingerprint density at radius 2 is 1.57 bits per heavy atom. The minimum atomic E-state index is -0.317. The Hall–Kier alpha value is -2.31. The van der Waals surface area contributed by atoms with Crippen molar-refractivity contribution >= 4 is 0 Å². The van der Waals surface area contributed by atoms with Gasteiger partial charge in [-0.2, -0.15) is 5.26 Å². The molecule has 0 saturated carbocycles. The Balaban J connectivity index is 2.10. The molecule has 0 radical (unpaired) electrons. The molecule has 1 N–H and O–H groups in total. The molecule has 3 nitrogen and oxygen atoms in total. The molecule has 0 aliphatic rings. The molecule has 0 aliphatic heterocycles. The summed E-state index contributed by atoms with van der Waals surface area (Å²) in [6.45, 7) is 4.10. The van der Waals surface area contributed by atoms with Crippen molar-refractivity contribution in [2.75, 3.05) is 7.11 Å². The molecule has 2 atom stereocenters. The highest BCUT2D eigenvalue weighted by Gasteiger charge is 2.14. The fourth-order valence-corrected chi connectivity index (χ4v) is 2.21. The van der Waals surface area contributed by atoms with E-state index in [2.05, 4.69) is 18.3 Å². The van der Waals surface area contributed by atoms with Gasteiger partial charge in [-0.25, -0.2) is 0 Å². The normalized spacial score (nSPS) is 13.2. The molecule has 108 valence electrons. The first kappa shape index (κ1) is 15.1. The van der Waals surface area contributed by atoms with Gasteiger partial charge < -0.3 is 4.74 Å². The van der Waals surface area contributed by atoms with Crippen molar-refractivity contribution in [1.29, 1.82) is 5.26 Å². The lowest BCUT2D eigenvalue weighted by molar-refractivity contribution is 0.414. The number of nitriles is 1. The summed E-state index contributed by atoms with van der Waals surface area (Å²) in [6, 6.07) is 18.0. The van der Waals surface area contributed by atoms with E-state index in [1.54, 1.807) is 7.11 Å². The molecule has 2 aromatic rings. The molecular formula is C18H20N2O. The van der Waals surface area contributed by atoms with Crippen LogP contribution in [0.4, 0.5) is 0 Å². The molecule has 0 fully saturated rings. The summed E-state index contributed by atoms with van der Waals surface area (Å²) in [4.78, 5) is 0. The van der Waals surface area contributed by atoms with Crippen LogP contribution in [0.3, 0.4) is 0 Å². The Kier molecular flexibility index (Phi) is 4.97. The van der Waals surface area contributed by atoms with Crippen molar-refractivity contribution in [3.8, 4) is 11.8 Å². The minimum Gasteiger partial charge on any atom is -0.497 e. The Morgan fingerprint density at radius 1 is 1.00 bits per heavy atom. The smallest absolute Gasteiger partial charge is 0.121 e. The zero-order valence-electron chi connectivity index (χ0n) is 12.6. The second kappa shape index (κ2) is 6.92. The molecule has 2 aromatic carbocycles. The lowest BCUT2D eigenvalue weighted by Gasteiger charge is -2.19. The first-order chi connectivity index (χ1) is 10.1. The van der Waals surface area contributed by atoms with Crippen molar-refractivity contribution in [3.63, 3.8) is 0 Å². The molecule has 2 rings (SSSR count). The van der Waals surface area contributed by atoms with Crippen LogP contribution in [0.1, 0.15) is 35.7 Å². The van der Waals surface area contributed by atoms with E-state index >= 15 is 0 Å². The number of nitrogens with one attached hydrogen (secondary N) is 1. The number of benzene rings is 2. The molecule has 0 aromatic heterocycles. The number of nitrogens with zero attached hydrogens (tertiary/aromatic N) is 1. The molecule has 0 saturated heterocycles. The third-order valence-corrected chi connectivity index (χ3v) is 3.57. The molecule has 0 spiro atoms. The van der Waals surface area contributed by atoms with Crippen molar-refractivity contribution < 1.29 is 4.74 Å². The third kappa shape index (κ3) is 3.84. The second-order valence-electron chi connectivity index (χ2n) is 5.13. The van der Waals surface area contributed by atoms with E-state index in [1.165, 1.54) is 5.56 Å². The monoisotopic (exact) mass is 280 g/mol. The lowest BCUT2D eigenvalue weighted by Crippen LogP contribution is -2.23. The highest BCUT2D eigenvalue weighted by atomic mass is 16.5. The van der Waals surface area contributed by atoms with Crippen molar-refractivity contribution in [2.45, 2.75) is 25.9 Å². The van der Waals surface area contributed by atoms with Gasteiger partial charge in [0.1, 0.15) is 11.8 Å². The van der Waals surface area contributed by atoms with Crippen LogP contribution in [0.2, 0.25) is 0 Å². The number of ether oxygens (including phenoxy) is 1. The first-order valence-electron chi connectivity index (χ1n) is 7.00. The predicted molar refractivity (Wildman–Crippen MR) is 84.1 cm³/mol. The van der Waals surface area contributed by atoms with Crippen LogP contribution in [-0.2, 0) is 0 Å². The molecule has 0 bridgehead atoms. The standard InChI is InChI=1S/C18H20N2O/c1-13-4-6-16(7-5-13)18(12-19)20-14(2)15-8-10-17(21-3)11-9-15/h4-11,14,18,20H,1-3H3/t14-,18+/m0/s1. The number of methoxy groups -OCH3 is 1. The Bertz CT molecular complexity index is 611. The van der Waals surface area contributed by atoms with Crippen LogP contribution >= 0.6 is 0 Å². The zero-order chi connectivity index (χ0) is 15.2. The van der Waals surface area contributed by atoms with Crippen molar-refractivity contribution in [1.82, 2.24) is 5.32 Å². The van der Waals surface area contributed by atoms with E-state index in [0.717, 1.165) is 16.9 Å². The number of aryl methyl sites for hydroxylation is 1. The molecule has 0 aliphatic carbocycles. The summed E-state index contributed by atoms with van der Waals surface area (Å²) in [5, 5.41) is 12.7. The highest BCUT2D eigenvalue weighted by molar-refractivity contribution is 5.31. The zero-order valence-corrected chi connectivity index (χ0v) is 12.6. The first-order valence-corrected chi connectivity index (χ1v) is 7.00. The van der Waals surface area contributed by atoms with Gasteiger partial charge in [0.25, 0.3) is 0 Å². The summed E-state index contributed by atoms with van der Waals surface area (Å²) in [5.74, 6) is 0.835. The SMILES string of the molecule is COc1ccc([C@H](C)N[C@H](C#N)c2ccc(C)cc2)cc1. The molecule has 0 unspecified atom stereocenters. The topological polar surface area (TPSA) is 45.0 Å². The summed E-state index contributed by atoms with van der Waals surface area (Å²) in [5.41, 5.74) is 3.31. The second-order valence-corrected chi connectivity index (χ2v) is 5.13. The van der Waals surface area contributed by atoms with Gasteiger partial charge in [-0.15, -0.1) is 0 Å². The van der Waals surface area contributed by atoms with Gasteiger partial charge in [0.05, 0.1) is 13.2 Å². The van der Waals surface area contributed by atoms with Crippen LogP contribution < -0.4 is 10.1 Å². The maximum absolute atomic E-state index is 9.39. The number of hydrogen-bond acceptors (Lipinski definition) is 3. The Labute approximate surface area is 126 Å². The van der Waals surface area contributed by atoms with Gasteiger partial charge in [0, 0.05) is 6.04 Å². The van der Waals surface area contributed by atoms with Gasteiger partial charge >= 0.3 is 0 Å². The van der Waals surface area contributed by atoms with Crippen LogP contribution in [0.25, 0.3) is 0 Å². The van der Waals surface area contributed by atoms with Crippen LogP contribution in [-0.4, -0.2) is 7.11 Å². The summed E-state index contributed by atoms with van der Waals surface area (Å²) < 4.78 is 5.16. The van der Waals surface area contributed by atoms with Crippen molar-refractivity contribution in [3.05, 3.63) is 65.2 Å². The third-order valence-electron chi connectivity index (χ3n) is 3.57. The molecule has 0 heterocycles. The molecular weight excluding hydrogens is 260 g/mol. The van der Waals surface area contributed by atoms with Gasteiger partial charge in [0.2, 0.25) is 0 Å². The molecule has 3 heteroatoms. The summed E-state index contributed by atoms with van der Waals surface area (Å²) >= 11 is 0. The highest BCUT2D eigenvalue weighted by Crippen LogP contribution is 2.21. The maximum Gasteiger partial charge on any atom is 0.121 e. The van der Waals surface area contributed by atoms with E-state index in [1.807, 2.05) is 55.5 Å². The average Bonchev–Trinajstić information content (AvgIpc) is 2.53. The van der Waals surface area contributed by atoms with E-state index in [0.29, 0.717) is 0 Å². The molecule has 21 heavy (non-hydrogen) atoms. The average molecular weight is 280 g/mol. The van der Waals surface area contributed by atoms with Crippen LogP contribution in [0.5, 0.6) is 5.75 Å². The number of hydrogen-bond donors (Lipinski definition) is 1. The van der Waals surface area contributed by atoms with E-state index in [4.69, 9.17) is 4.74 Å². The Morgan fingerprint density at radius 3 is 2.10 bits per heavy atom. The van der Waals surface area contributed by atoms with Gasteiger partial charge in [-0.1, -0.05) is 42.0 Å². The van der Waals surface area contributed by atoms with Crippen molar-refractivity contribution in [2.24, 2.45) is 0 Å². The maximum atomic E-state index is 9.39. The molecule has 0 amide bonds. The van der Waals surface area contributed by atoms with E-state index in [-0.39, 0.29) is 12.1 Å². The largest absolute Gasteiger partial charge is 0.497 e. The van der Waals surface area contributed by atoms with E-state index in [9.17, 15) is 5.26 Å². The number of rotatable bonds is 5. The van der Waals surface area contributed by atoms with Gasteiger partial charge in [-0.05, 0) is 37.1 Å². The quantitative estimate of drug-likeness (QED) is 0.903.